The summed E-state index contributed by atoms with van der Waals surface area (Å²) in [6.45, 7) is 4.65. The summed E-state index contributed by atoms with van der Waals surface area (Å²) in [5.41, 5.74) is 0. The van der Waals surface area contributed by atoms with E-state index in [4.69, 9.17) is 4.74 Å². The molecule has 0 saturated carbocycles. The Morgan fingerprint density at radius 3 is 2.82 bits per heavy atom. The fraction of sp³-hybridized carbons (Fsp3) is 0.800. The van der Waals surface area contributed by atoms with Gasteiger partial charge in [-0.3, -0.25) is 4.21 Å². The van der Waals surface area contributed by atoms with Crippen LogP contribution in [0.3, 0.4) is 0 Å². The van der Waals surface area contributed by atoms with Gasteiger partial charge in [-0.15, -0.1) is 0 Å². The van der Waals surface area contributed by atoms with E-state index in [-0.39, 0.29) is 11.4 Å². The number of ether oxygens (including phenoxy) is 1. The largest absolute Gasteiger partial charge is 0.374 e. The average molecular weight is 277 g/mol. The van der Waals surface area contributed by atoms with Crippen molar-refractivity contribution in [3.8, 4) is 0 Å². The molecule has 1 heterocycles. The molecule has 0 aliphatic rings. The molecule has 1 aromatic rings. The van der Waals surface area contributed by atoms with Gasteiger partial charge in [0.15, 0.2) is 5.82 Å². The third-order valence-electron chi connectivity index (χ3n) is 2.55. The first-order chi connectivity index (χ1) is 8.04. The number of nitrogens with zero attached hydrogens (tertiary/aromatic N) is 2. The van der Waals surface area contributed by atoms with Crippen molar-refractivity contribution in [3.05, 3.63) is 5.82 Å². The van der Waals surface area contributed by atoms with Crippen LogP contribution in [-0.2, 0) is 15.5 Å². The van der Waals surface area contributed by atoms with E-state index in [1.807, 2.05) is 13.8 Å². The van der Waals surface area contributed by atoms with Gasteiger partial charge in [0.2, 0.25) is 5.13 Å². The van der Waals surface area contributed by atoms with Crippen LogP contribution >= 0.6 is 11.5 Å². The van der Waals surface area contributed by atoms with E-state index in [0.29, 0.717) is 5.82 Å². The Hall–Kier alpha value is -0.530. The van der Waals surface area contributed by atoms with Crippen molar-refractivity contribution in [1.82, 2.24) is 9.36 Å². The fourth-order valence-corrected chi connectivity index (χ4v) is 2.25. The zero-order chi connectivity index (χ0) is 12.8. The molecule has 0 aliphatic carbocycles. The smallest absolute Gasteiger partial charge is 0.202 e. The zero-order valence-corrected chi connectivity index (χ0v) is 12.2. The molecule has 1 N–H and O–H groups in total. The average Bonchev–Trinajstić information content (AvgIpc) is 2.76. The third kappa shape index (κ3) is 4.69. The van der Waals surface area contributed by atoms with Crippen molar-refractivity contribution in [2.45, 2.75) is 31.6 Å². The molecule has 0 amide bonds. The number of rotatable bonds is 7. The molecule has 0 saturated heterocycles. The predicted molar refractivity (Wildman–Crippen MR) is 72.0 cm³/mol. The quantitative estimate of drug-likeness (QED) is 0.823. The van der Waals surface area contributed by atoms with Gasteiger partial charge in [-0.25, -0.2) is 4.98 Å². The molecule has 0 spiro atoms. The maximum absolute atomic E-state index is 11.2. The minimum Gasteiger partial charge on any atom is -0.374 e. The lowest BCUT2D eigenvalue weighted by molar-refractivity contribution is 0.113. The highest BCUT2D eigenvalue weighted by molar-refractivity contribution is 7.84. The van der Waals surface area contributed by atoms with E-state index in [1.165, 1.54) is 11.5 Å². The Labute approximate surface area is 109 Å². The summed E-state index contributed by atoms with van der Waals surface area (Å²) in [7, 11) is 0.872. The highest BCUT2D eigenvalue weighted by Crippen LogP contribution is 2.18. The van der Waals surface area contributed by atoms with E-state index >= 15 is 0 Å². The summed E-state index contributed by atoms with van der Waals surface area (Å²) in [6, 6.07) is 0. The molecule has 98 valence electrons. The normalized spacial score (nSPS) is 16.5. The molecule has 0 aromatic carbocycles. The molecule has 3 atom stereocenters. The van der Waals surface area contributed by atoms with Gasteiger partial charge in [-0.1, -0.05) is 6.92 Å². The molecule has 0 aliphatic heterocycles. The van der Waals surface area contributed by atoms with Crippen molar-refractivity contribution in [2.24, 2.45) is 0 Å². The lowest BCUT2D eigenvalue weighted by Crippen LogP contribution is -2.14. The number of aromatic nitrogens is 2. The van der Waals surface area contributed by atoms with Crippen LogP contribution in [0.25, 0.3) is 0 Å². The minimum atomic E-state index is -0.764. The van der Waals surface area contributed by atoms with Crippen molar-refractivity contribution < 1.29 is 8.95 Å². The van der Waals surface area contributed by atoms with E-state index in [2.05, 4.69) is 14.7 Å². The standard InChI is InChI=1S/C10H19N3O2S2/c1-7(17(4)14)5-6-11-10-12-9(13-16-10)8(2)15-3/h7-8H,5-6H2,1-4H3,(H,11,12,13). The number of nitrogens with one attached hydrogen (secondary N) is 1. The highest BCUT2D eigenvalue weighted by atomic mass is 32.2. The fourth-order valence-electron chi connectivity index (χ4n) is 1.13. The lowest BCUT2D eigenvalue weighted by atomic mass is 10.3. The summed E-state index contributed by atoms with van der Waals surface area (Å²) in [5.74, 6) is 0.701. The first kappa shape index (κ1) is 14.5. The Kier molecular flexibility index (Phi) is 6.01. The summed E-state index contributed by atoms with van der Waals surface area (Å²) in [5, 5.41) is 4.18. The zero-order valence-electron chi connectivity index (χ0n) is 10.6. The molecular formula is C10H19N3O2S2. The van der Waals surface area contributed by atoms with Crippen LogP contribution in [0.4, 0.5) is 5.13 Å². The Morgan fingerprint density at radius 2 is 2.24 bits per heavy atom. The van der Waals surface area contributed by atoms with Gasteiger partial charge in [-0.05, 0) is 13.3 Å². The Balaban J connectivity index is 2.37. The second-order valence-corrected chi connectivity index (χ2v) is 6.41. The maximum atomic E-state index is 11.2. The molecule has 5 nitrogen and oxygen atoms in total. The molecule has 1 rings (SSSR count). The van der Waals surface area contributed by atoms with E-state index in [0.717, 1.165) is 18.1 Å². The van der Waals surface area contributed by atoms with E-state index in [9.17, 15) is 4.21 Å². The lowest BCUT2D eigenvalue weighted by Gasteiger charge is -2.07. The summed E-state index contributed by atoms with van der Waals surface area (Å²) in [6.07, 6.45) is 2.51. The van der Waals surface area contributed by atoms with Gasteiger partial charge in [-0.2, -0.15) is 4.37 Å². The van der Waals surface area contributed by atoms with Crippen molar-refractivity contribution >= 4 is 27.5 Å². The first-order valence-electron chi connectivity index (χ1n) is 5.47. The topological polar surface area (TPSA) is 64.1 Å². The number of hydrogen-bond donors (Lipinski definition) is 1. The van der Waals surface area contributed by atoms with Gasteiger partial charge in [0.25, 0.3) is 0 Å². The molecule has 7 heteroatoms. The Bertz CT molecular complexity index is 370. The second-order valence-electron chi connectivity index (χ2n) is 3.86. The van der Waals surface area contributed by atoms with Crippen LogP contribution in [0.15, 0.2) is 0 Å². The number of hydrogen-bond acceptors (Lipinski definition) is 6. The van der Waals surface area contributed by atoms with Crippen molar-refractivity contribution in [2.75, 3.05) is 25.2 Å². The van der Waals surface area contributed by atoms with Gasteiger partial charge in [0, 0.05) is 47.5 Å². The number of methoxy groups -OCH3 is 1. The molecule has 0 bridgehead atoms. The summed E-state index contributed by atoms with van der Waals surface area (Å²) in [4.78, 5) is 4.32. The van der Waals surface area contributed by atoms with Crippen LogP contribution in [0.2, 0.25) is 0 Å². The van der Waals surface area contributed by atoms with E-state index < -0.39 is 10.8 Å². The van der Waals surface area contributed by atoms with Gasteiger partial charge in [0.1, 0.15) is 6.10 Å². The molecule has 0 radical (unpaired) electrons. The molecular weight excluding hydrogens is 258 g/mol. The first-order valence-corrected chi connectivity index (χ1v) is 7.86. The second kappa shape index (κ2) is 7.03. The van der Waals surface area contributed by atoms with E-state index in [1.54, 1.807) is 13.4 Å². The van der Waals surface area contributed by atoms with Crippen molar-refractivity contribution in [3.63, 3.8) is 0 Å². The molecule has 1 aromatic heterocycles. The summed E-state index contributed by atoms with van der Waals surface area (Å²) >= 11 is 1.33. The number of anilines is 1. The van der Waals surface area contributed by atoms with Crippen molar-refractivity contribution in [1.29, 1.82) is 0 Å². The minimum absolute atomic E-state index is 0.0798. The van der Waals surface area contributed by atoms with Crippen LogP contribution in [0, 0.1) is 0 Å². The van der Waals surface area contributed by atoms with Crippen LogP contribution in [-0.4, -0.2) is 38.7 Å². The predicted octanol–water partition coefficient (Wildman–Crippen LogP) is 1.81. The van der Waals surface area contributed by atoms with Gasteiger partial charge >= 0.3 is 0 Å². The molecule has 17 heavy (non-hydrogen) atoms. The Morgan fingerprint density at radius 1 is 1.53 bits per heavy atom. The summed E-state index contributed by atoms with van der Waals surface area (Å²) < 4.78 is 20.5. The highest BCUT2D eigenvalue weighted by Gasteiger charge is 2.11. The monoisotopic (exact) mass is 277 g/mol. The van der Waals surface area contributed by atoms with Crippen LogP contribution in [0.5, 0.6) is 0 Å². The van der Waals surface area contributed by atoms with Gasteiger partial charge in [0.05, 0.1) is 0 Å². The van der Waals surface area contributed by atoms with Crippen LogP contribution in [0.1, 0.15) is 32.2 Å². The molecule has 3 unspecified atom stereocenters. The third-order valence-corrected chi connectivity index (χ3v) is 4.61. The SMILES string of the molecule is COC(C)c1nsc(NCCC(C)S(C)=O)n1. The molecule has 0 fully saturated rings. The van der Waals surface area contributed by atoms with Gasteiger partial charge < -0.3 is 10.1 Å². The van der Waals surface area contributed by atoms with Crippen LogP contribution < -0.4 is 5.32 Å². The maximum Gasteiger partial charge on any atom is 0.202 e.